The molecule has 1 nitrogen and oxygen atoms in total. The molecule has 0 aromatic carbocycles. The van der Waals surface area contributed by atoms with Crippen LogP contribution >= 0.6 is 0 Å². The molecule has 0 bridgehead atoms. The molecular weight excluding hydrogens is 158 g/mol. The third-order valence-electron chi connectivity index (χ3n) is 1.79. The summed E-state index contributed by atoms with van der Waals surface area (Å²) in [5.74, 6) is 0. The van der Waals surface area contributed by atoms with Crippen LogP contribution in [0.4, 0.5) is 0 Å². The van der Waals surface area contributed by atoms with Crippen LogP contribution in [0.1, 0.15) is 5.69 Å². The zero-order chi connectivity index (χ0) is 8.93. The lowest BCUT2D eigenvalue weighted by Crippen LogP contribution is -1.83. The number of aromatic nitrogens is 1. The quantitative estimate of drug-likeness (QED) is 0.586. The highest BCUT2D eigenvalue weighted by molar-refractivity contribution is 5.73. The molecule has 62 valence electrons. The fourth-order valence-corrected chi connectivity index (χ4v) is 1.16. The summed E-state index contributed by atoms with van der Waals surface area (Å²) in [6.45, 7) is 0. The Morgan fingerprint density at radius 2 is 2.15 bits per heavy atom. The summed E-state index contributed by atoms with van der Waals surface area (Å²) in [6, 6.07) is 5.90. The Kier molecular flexibility index (Phi) is 2.22. The van der Waals surface area contributed by atoms with E-state index in [-0.39, 0.29) is 0 Å². The smallest absolute Gasteiger partial charge is 0.0702 e. The Morgan fingerprint density at radius 3 is 3.00 bits per heavy atom. The molecule has 0 N–H and O–H groups in total. The maximum absolute atomic E-state index is 4.26. The molecule has 0 saturated carbocycles. The number of hydrogen-bond donors (Lipinski definition) is 0. The summed E-state index contributed by atoms with van der Waals surface area (Å²) in [5, 5.41) is 0. The second-order valence-corrected chi connectivity index (χ2v) is 2.70. The summed E-state index contributed by atoms with van der Waals surface area (Å²) in [6.07, 6.45) is 11.6. The van der Waals surface area contributed by atoms with Gasteiger partial charge in [0.1, 0.15) is 0 Å². The van der Waals surface area contributed by atoms with Crippen molar-refractivity contribution in [3.8, 4) is 0 Å². The van der Waals surface area contributed by atoms with E-state index in [2.05, 4.69) is 10.7 Å². The maximum atomic E-state index is 4.26. The van der Waals surface area contributed by atoms with Crippen LogP contribution in [-0.2, 0) is 0 Å². The maximum Gasteiger partial charge on any atom is 0.0702 e. The minimum Gasteiger partial charge on any atom is -0.256 e. The SMILES string of the molecule is C1=CC=CC(c2ccccn2)=CC=1. The normalized spacial score (nSPS) is 14.0. The van der Waals surface area contributed by atoms with Crippen LogP contribution in [0.15, 0.2) is 60.5 Å². The molecule has 0 unspecified atom stereocenters. The Bertz CT molecular complexity index is 404. The van der Waals surface area contributed by atoms with Crippen molar-refractivity contribution in [1.29, 1.82) is 0 Å². The second-order valence-electron chi connectivity index (χ2n) is 2.70. The summed E-state index contributed by atoms with van der Waals surface area (Å²) < 4.78 is 0. The number of nitrogens with zero attached hydrogens (tertiary/aromatic N) is 1. The largest absolute Gasteiger partial charge is 0.256 e. The molecule has 1 aromatic heterocycles. The summed E-state index contributed by atoms with van der Waals surface area (Å²) in [5.41, 5.74) is 5.11. The molecule has 1 aliphatic rings. The van der Waals surface area contributed by atoms with Crippen molar-refractivity contribution >= 4 is 5.57 Å². The molecule has 1 aromatic rings. The molecule has 13 heavy (non-hydrogen) atoms. The first-order valence-corrected chi connectivity index (χ1v) is 4.18. The molecule has 1 heteroatoms. The van der Waals surface area contributed by atoms with Gasteiger partial charge >= 0.3 is 0 Å². The summed E-state index contributed by atoms with van der Waals surface area (Å²) >= 11 is 0. The lowest BCUT2D eigenvalue weighted by Gasteiger charge is -1.97. The van der Waals surface area contributed by atoms with Crippen LogP contribution in [-0.4, -0.2) is 4.98 Å². The Balaban J connectivity index is 2.39. The summed E-state index contributed by atoms with van der Waals surface area (Å²) in [7, 11) is 0. The van der Waals surface area contributed by atoms with E-state index in [1.165, 1.54) is 0 Å². The average Bonchev–Trinajstić information content (AvgIpc) is 2.47. The van der Waals surface area contributed by atoms with Crippen LogP contribution in [0.2, 0.25) is 0 Å². The van der Waals surface area contributed by atoms with E-state index < -0.39 is 0 Å². The molecule has 0 atom stereocenters. The van der Waals surface area contributed by atoms with Gasteiger partial charge in [0.05, 0.1) is 5.69 Å². The monoisotopic (exact) mass is 167 g/mol. The number of allylic oxidation sites excluding steroid dienone is 5. The van der Waals surface area contributed by atoms with Crippen LogP contribution in [0.25, 0.3) is 5.57 Å². The standard InChI is InChI=1S/C12H9N/c1-2-4-8-11(7-3-1)12-9-5-6-10-13-12/h1,3-10H. The first-order chi connectivity index (χ1) is 6.47. The molecule has 0 spiro atoms. The Morgan fingerprint density at radius 1 is 1.15 bits per heavy atom. The van der Waals surface area contributed by atoms with Gasteiger partial charge in [-0.3, -0.25) is 4.98 Å². The highest BCUT2D eigenvalue weighted by atomic mass is 14.7. The van der Waals surface area contributed by atoms with Crippen molar-refractivity contribution in [3.63, 3.8) is 0 Å². The molecule has 0 amide bonds. The van der Waals surface area contributed by atoms with Gasteiger partial charge in [-0.2, -0.15) is 0 Å². The van der Waals surface area contributed by atoms with Gasteiger partial charge in [-0.1, -0.05) is 18.2 Å². The highest BCUT2D eigenvalue weighted by Gasteiger charge is 1.96. The average molecular weight is 167 g/mol. The molecule has 1 heterocycles. The third-order valence-corrected chi connectivity index (χ3v) is 1.79. The molecule has 0 radical (unpaired) electrons. The van der Waals surface area contributed by atoms with Gasteiger partial charge in [0.25, 0.3) is 0 Å². The third kappa shape index (κ3) is 1.84. The molecule has 1 aliphatic carbocycles. The minimum absolute atomic E-state index is 0.993. The first-order valence-electron chi connectivity index (χ1n) is 4.18. The van der Waals surface area contributed by atoms with Gasteiger partial charge in [0, 0.05) is 11.8 Å². The second kappa shape index (κ2) is 3.70. The zero-order valence-electron chi connectivity index (χ0n) is 7.14. The van der Waals surface area contributed by atoms with E-state index in [0.717, 1.165) is 11.3 Å². The van der Waals surface area contributed by atoms with Crippen molar-refractivity contribution in [2.24, 2.45) is 0 Å². The fraction of sp³-hybridized carbons (Fsp3) is 0. The van der Waals surface area contributed by atoms with Gasteiger partial charge in [-0.25, -0.2) is 0 Å². The molecular formula is C12H9N. The Labute approximate surface area is 77.4 Å². The number of pyridine rings is 1. The lowest BCUT2D eigenvalue weighted by atomic mass is 10.1. The van der Waals surface area contributed by atoms with Gasteiger partial charge in [-0.15, -0.1) is 5.73 Å². The molecule has 2 rings (SSSR count). The van der Waals surface area contributed by atoms with Gasteiger partial charge < -0.3 is 0 Å². The van der Waals surface area contributed by atoms with Crippen LogP contribution in [0, 0.1) is 0 Å². The van der Waals surface area contributed by atoms with Crippen molar-refractivity contribution < 1.29 is 0 Å². The lowest BCUT2D eigenvalue weighted by molar-refractivity contribution is 1.28. The fourth-order valence-electron chi connectivity index (χ4n) is 1.16. The van der Waals surface area contributed by atoms with E-state index >= 15 is 0 Å². The number of hydrogen-bond acceptors (Lipinski definition) is 1. The Hall–Kier alpha value is -1.85. The first kappa shape index (κ1) is 7.78. The van der Waals surface area contributed by atoms with E-state index in [4.69, 9.17) is 0 Å². The van der Waals surface area contributed by atoms with E-state index in [1.54, 1.807) is 6.20 Å². The highest BCUT2D eigenvalue weighted by Crippen LogP contribution is 2.13. The zero-order valence-corrected chi connectivity index (χ0v) is 7.14. The van der Waals surface area contributed by atoms with Crippen molar-refractivity contribution in [1.82, 2.24) is 4.98 Å². The number of rotatable bonds is 1. The van der Waals surface area contributed by atoms with Gasteiger partial charge in [0.2, 0.25) is 0 Å². The van der Waals surface area contributed by atoms with Crippen LogP contribution < -0.4 is 0 Å². The van der Waals surface area contributed by atoms with E-state index in [0.29, 0.717) is 0 Å². The molecule has 0 aliphatic heterocycles. The van der Waals surface area contributed by atoms with E-state index in [9.17, 15) is 0 Å². The van der Waals surface area contributed by atoms with Crippen LogP contribution in [0.5, 0.6) is 0 Å². The molecule has 0 fully saturated rings. The van der Waals surface area contributed by atoms with Crippen LogP contribution in [0.3, 0.4) is 0 Å². The van der Waals surface area contributed by atoms with Crippen molar-refractivity contribution in [3.05, 3.63) is 66.2 Å². The predicted octanol–water partition coefficient (Wildman–Crippen LogP) is 2.75. The minimum atomic E-state index is 0.993. The topological polar surface area (TPSA) is 12.9 Å². The van der Waals surface area contributed by atoms with Gasteiger partial charge in [0.15, 0.2) is 0 Å². The van der Waals surface area contributed by atoms with Crippen molar-refractivity contribution in [2.75, 3.05) is 0 Å². The molecule has 0 saturated heterocycles. The van der Waals surface area contributed by atoms with Gasteiger partial charge in [-0.05, 0) is 30.4 Å². The summed E-state index contributed by atoms with van der Waals surface area (Å²) in [4.78, 5) is 4.26. The predicted molar refractivity (Wildman–Crippen MR) is 54.0 cm³/mol. The van der Waals surface area contributed by atoms with Crippen molar-refractivity contribution in [2.45, 2.75) is 0 Å². The van der Waals surface area contributed by atoms with E-state index in [1.807, 2.05) is 48.6 Å².